The van der Waals surface area contributed by atoms with Crippen molar-refractivity contribution in [3.63, 3.8) is 0 Å². The number of aromatic nitrogens is 2. The average molecular weight is 821 g/mol. The highest BCUT2D eigenvalue weighted by Crippen LogP contribution is 2.66. The molecule has 4 aliphatic rings. The normalized spacial score (nSPS) is 20.8. The van der Waals surface area contributed by atoms with Crippen molar-refractivity contribution in [1.82, 2.24) is 9.97 Å². The first-order valence-corrected chi connectivity index (χ1v) is 22.8. The molecule has 7 aromatic carbocycles. The first kappa shape index (κ1) is 38.3. The zero-order chi connectivity index (χ0) is 42.8. The highest BCUT2D eigenvalue weighted by Gasteiger charge is 2.59. The molecular weight excluding hydrogens is 773 g/mol. The average Bonchev–Trinajstić information content (AvgIpc) is 3.67. The lowest BCUT2D eigenvalue weighted by Gasteiger charge is -2.54. The minimum Gasteiger partial charge on any atom is -0.228 e. The van der Waals surface area contributed by atoms with Crippen molar-refractivity contribution in [1.29, 1.82) is 0 Å². The van der Waals surface area contributed by atoms with Gasteiger partial charge in [-0.25, -0.2) is 9.97 Å². The van der Waals surface area contributed by atoms with E-state index in [2.05, 4.69) is 238 Å². The summed E-state index contributed by atoms with van der Waals surface area (Å²) in [5, 5.41) is 0. The zero-order valence-electron chi connectivity index (χ0n) is 36.2. The van der Waals surface area contributed by atoms with Crippen molar-refractivity contribution in [2.75, 3.05) is 0 Å². The van der Waals surface area contributed by atoms with Gasteiger partial charge in [-0.15, -0.1) is 0 Å². The Morgan fingerprint density at radius 3 is 1.73 bits per heavy atom. The van der Waals surface area contributed by atoms with E-state index in [0.717, 1.165) is 40.3 Å². The summed E-state index contributed by atoms with van der Waals surface area (Å²) in [6, 6.07) is 66.6. The van der Waals surface area contributed by atoms with E-state index in [1.165, 1.54) is 61.2 Å². The fraction of sp³-hybridized carbons (Fsp3) is 0.129. The van der Waals surface area contributed by atoms with Crippen LogP contribution in [0.4, 0.5) is 0 Å². The van der Waals surface area contributed by atoms with Crippen LogP contribution in [-0.2, 0) is 10.8 Å². The van der Waals surface area contributed by atoms with Crippen LogP contribution in [-0.4, -0.2) is 9.97 Å². The van der Waals surface area contributed by atoms with E-state index < -0.39 is 5.41 Å². The zero-order valence-corrected chi connectivity index (χ0v) is 36.2. The monoisotopic (exact) mass is 820 g/mol. The van der Waals surface area contributed by atoms with Gasteiger partial charge in [-0.3, -0.25) is 0 Å². The minimum absolute atomic E-state index is 0.0724. The highest BCUT2D eigenvalue weighted by molar-refractivity contribution is 5.95. The molecule has 12 rings (SSSR count). The largest absolute Gasteiger partial charge is 0.228 e. The minimum atomic E-state index is -0.436. The number of nitrogens with zero attached hydrogens (tertiary/aromatic N) is 2. The highest BCUT2D eigenvalue weighted by atomic mass is 14.9. The Balaban J connectivity index is 1.07. The van der Waals surface area contributed by atoms with Crippen molar-refractivity contribution >= 4 is 5.57 Å². The van der Waals surface area contributed by atoms with Crippen LogP contribution in [0.25, 0.3) is 61.7 Å². The Kier molecular flexibility index (Phi) is 9.05. The van der Waals surface area contributed by atoms with Crippen LogP contribution in [0.15, 0.2) is 225 Å². The molecule has 2 nitrogen and oxygen atoms in total. The molecule has 64 heavy (non-hydrogen) atoms. The molecule has 0 saturated heterocycles. The van der Waals surface area contributed by atoms with Crippen LogP contribution < -0.4 is 0 Å². The van der Waals surface area contributed by atoms with Gasteiger partial charge >= 0.3 is 0 Å². The molecular formula is C62H48N2. The second kappa shape index (κ2) is 15.1. The predicted octanol–water partition coefficient (Wildman–Crippen LogP) is 15.2. The van der Waals surface area contributed by atoms with Crippen LogP contribution in [0, 0.1) is 11.8 Å². The lowest BCUT2D eigenvalue weighted by atomic mass is 9.48. The van der Waals surface area contributed by atoms with Crippen LogP contribution in [0.3, 0.4) is 0 Å². The van der Waals surface area contributed by atoms with Gasteiger partial charge in [-0.1, -0.05) is 226 Å². The van der Waals surface area contributed by atoms with E-state index in [1.807, 2.05) is 0 Å². The fourth-order valence-electron chi connectivity index (χ4n) is 11.6. The molecule has 0 bridgehead atoms. The summed E-state index contributed by atoms with van der Waals surface area (Å²) in [5.41, 5.74) is 18.8. The number of fused-ring (bicyclic) bond motifs is 9. The third-order valence-corrected chi connectivity index (χ3v) is 14.7. The fourth-order valence-corrected chi connectivity index (χ4v) is 11.6. The lowest BCUT2D eigenvalue weighted by Crippen LogP contribution is -2.51. The number of allylic oxidation sites excluding steroid dienone is 8. The van der Waals surface area contributed by atoms with Crippen LogP contribution in [0.1, 0.15) is 59.6 Å². The summed E-state index contributed by atoms with van der Waals surface area (Å²) in [6.07, 6.45) is 17.6. The number of benzene rings is 7. The number of rotatable bonds is 6. The van der Waals surface area contributed by atoms with Gasteiger partial charge in [0, 0.05) is 28.5 Å². The van der Waals surface area contributed by atoms with Crippen LogP contribution >= 0.6 is 0 Å². The third kappa shape index (κ3) is 6.00. The van der Waals surface area contributed by atoms with Crippen molar-refractivity contribution in [3.8, 4) is 56.2 Å². The van der Waals surface area contributed by atoms with Gasteiger partial charge in [0.05, 0.1) is 16.8 Å². The van der Waals surface area contributed by atoms with Gasteiger partial charge in [0.25, 0.3) is 0 Å². The first-order valence-electron chi connectivity index (χ1n) is 22.8. The summed E-state index contributed by atoms with van der Waals surface area (Å²) in [4.78, 5) is 10.9. The lowest BCUT2D eigenvalue weighted by molar-refractivity contribution is 0.219. The predicted molar refractivity (Wildman–Crippen MR) is 265 cm³/mol. The molecule has 0 aliphatic heterocycles. The number of hydrogen-bond donors (Lipinski definition) is 0. The van der Waals surface area contributed by atoms with Crippen molar-refractivity contribution in [2.24, 2.45) is 11.8 Å². The summed E-state index contributed by atoms with van der Waals surface area (Å²) in [6.45, 7) is 4.88. The maximum atomic E-state index is 5.45. The maximum absolute atomic E-state index is 5.45. The van der Waals surface area contributed by atoms with Gasteiger partial charge in [-0.2, -0.15) is 0 Å². The Morgan fingerprint density at radius 2 is 1.05 bits per heavy atom. The standard InChI is InChI=1S/C62H48N2/c1-61(2)52-27-12-14-29-54(52)62(55-30-15-13-28-53(55)61)51-37-36-48(47-25-16-24-46(38-47)43-34-32-42(33-35-43)41-18-6-3-7-19-41)39-50(51)59-49(26-17-31-56(59)62)60-63-57(44-20-8-4-9-21-44)40-58(64-60)45-22-10-5-11-23-45/h3-34,36-40,43,52,54H,35H2,1-2H3. The molecule has 1 aromatic heterocycles. The van der Waals surface area contributed by atoms with E-state index in [4.69, 9.17) is 9.97 Å². The molecule has 2 heteroatoms. The van der Waals surface area contributed by atoms with Gasteiger partial charge in [0.2, 0.25) is 0 Å². The molecule has 0 amide bonds. The Labute approximate surface area is 376 Å². The van der Waals surface area contributed by atoms with E-state index in [-0.39, 0.29) is 17.3 Å². The first-order chi connectivity index (χ1) is 31.5. The number of hydrogen-bond acceptors (Lipinski definition) is 2. The molecule has 0 radical (unpaired) electrons. The van der Waals surface area contributed by atoms with E-state index >= 15 is 0 Å². The van der Waals surface area contributed by atoms with Crippen LogP contribution in [0.5, 0.6) is 0 Å². The molecule has 306 valence electrons. The molecule has 0 saturated carbocycles. The Hall–Kier alpha value is -7.42. The second-order valence-electron chi connectivity index (χ2n) is 18.4. The van der Waals surface area contributed by atoms with Crippen molar-refractivity contribution in [3.05, 3.63) is 258 Å². The molecule has 8 aromatic rings. The third-order valence-electron chi connectivity index (χ3n) is 14.7. The summed E-state index contributed by atoms with van der Waals surface area (Å²) >= 11 is 0. The second-order valence-corrected chi connectivity index (χ2v) is 18.4. The van der Waals surface area contributed by atoms with Gasteiger partial charge in [0.15, 0.2) is 5.82 Å². The smallest absolute Gasteiger partial charge is 0.161 e. The summed E-state index contributed by atoms with van der Waals surface area (Å²) in [5.74, 6) is 1.53. The molecule has 4 unspecified atom stereocenters. The topological polar surface area (TPSA) is 25.8 Å². The molecule has 0 fully saturated rings. The summed E-state index contributed by atoms with van der Waals surface area (Å²) < 4.78 is 0. The van der Waals surface area contributed by atoms with E-state index in [1.54, 1.807) is 0 Å². The van der Waals surface area contributed by atoms with Crippen molar-refractivity contribution in [2.45, 2.75) is 37.0 Å². The molecule has 4 aliphatic carbocycles. The maximum Gasteiger partial charge on any atom is 0.161 e. The Morgan fingerprint density at radius 1 is 0.453 bits per heavy atom. The summed E-state index contributed by atoms with van der Waals surface area (Å²) in [7, 11) is 0. The van der Waals surface area contributed by atoms with Crippen LogP contribution in [0.2, 0.25) is 0 Å². The van der Waals surface area contributed by atoms with Gasteiger partial charge in [0.1, 0.15) is 0 Å². The Bertz CT molecular complexity index is 3170. The molecule has 1 heterocycles. The van der Waals surface area contributed by atoms with Crippen molar-refractivity contribution < 1.29 is 0 Å². The molecule has 1 spiro atoms. The van der Waals surface area contributed by atoms with E-state index in [9.17, 15) is 0 Å². The SMILES string of the molecule is CC1(C)c2ccccc2C2(c3ccc(-c4cccc(C5C=CC(c6ccccc6)=CC5)c4)cc3-c3c(-c4nc(-c5ccccc5)cc(-c5ccccc5)n4)cccc32)C2C=CC=CC21. The van der Waals surface area contributed by atoms with Gasteiger partial charge in [-0.05, 0) is 91.1 Å². The van der Waals surface area contributed by atoms with E-state index in [0.29, 0.717) is 5.92 Å². The quantitative estimate of drug-likeness (QED) is 0.167. The molecule has 0 N–H and O–H groups in total. The van der Waals surface area contributed by atoms with Gasteiger partial charge < -0.3 is 0 Å². The molecule has 4 atom stereocenters.